The fourth-order valence-electron chi connectivity index (χ4n) is 1.99. The Morgan fingerprint density at radius 1 is 1.05 bits per heavy atom. The van der Waals surface area contributed by atoms with Crippen molar-refractivity contribution in [2.45, 2.75) is 19.9 Å². The van der Waals surface area contributed by atoms with Crippen LogP contribution in [0.5, 0.6) is 0 Å². The van der Waals surface area contributed by atoms with E-state index in [0.29, 0.717) is 6.04 Å². The van der Waals surface area contributed by atoms with Gasteiger partial charge in [0.05, 0.1) is 0 Å². The third-order valence-electron chi connectivity index (χ3n) is 2.89. The molecule has 0 heterocycles. The smallest absolute Gasteiger partial charge is 0.0421 e. The minimum atomic E-state index is 0.388. The van der Waals surface area contributed by atoms with Crippen molar-refractivity contribution in [1.82, 2.24) is 0 Å². The molecule has 0 radical (unpaired) electrons. The second-order valence-corrected chi connectivity index (χ2v) is 5.27. The summed E-state index contributed by atoms with van der Waals surface area (Å²) in [5, 5.41) is 4.19. The summed E-state index contributed by atoms with van der Waals surface area (Å²) in [5.41, 5.74) is 4.32. The average molecular weight is 272 g/mol. The van der Waals surface area contributed by atoms with Gasteiger partial charge in [0.2, 0.25) is 0 Å². The Labute approximate surface area is 119 Å². The summed E-state index contributed by atoms with van der Waals surface area (Å²) in [6.07, 6.45) is 0. The lowest BCUT2D eigenvalue weighted by Crippen LogP contribution is -2.11. The number of halogens is 1. The molecular formula is C17H18ClN. The molecule has 0 amide bonds. The second-order valence-electron chi connectivity index (χ2n) is 4.83. The van der Waals surface area contributed by atoms with Crippen LogP contribution in [0, 0.1) is 0 Å². The van der Waals surface area contributed by atoms with Crippen LogP contribution in [0.15, 0.2) is 55.1 Å². The van der Waals surface area contributed by atoms with Gasteiger partial charge in [-0.1, -0.05) is 48.5 Å². The van der Waals surface area contributed by atoms with Gasteiger partial charge in [-0.15, -0.1) is 0 Å². The first-order valence-corrected chi connectivity index (χ1v) is 6.76. The fourth-order valence-corrected chi connectivity index (χ4v) is 2.12. The summed E-state index contributed by atoms with van der Waals surface area (Å²) < 4.78 is 0. The van der Waals surface area contributed by atoms with E-state index in [0.717, 1.165) is 27.4 Å². The van der Waals surface area contributed by atoms with Crippen LogP contribution in [-0.4, -0.2) is 6.04 Å². The van der Waals surface area contributed by atoms with Gasteiger partial charge in [-0.25, -0.2) is 0 Å². The van der Waals surface area contributed by atoms with E-state index >= 15 is 0 Å². The maximum atomic E-state index is 5.92. The average Bonchev–Trinajstić information content (AvgIpc) is 2.39. The quantitative estimate of drug-likeness (QED) is 0.804. The molecule has 0 unspecified atom stereocenters. The monoisotopic (exact) mass is 271 g/mol. The van der Waals surface area contributed by atoms with E-state index in [1.54, 1.807) is 0 Å². The molecule has 0 saturated carbocycles. The Kier molecular flexibility index (Phi) is 4.28. The summed E-state index contributed by atoms with van der Waals surface area (Å²) in [6.45, 7) is 8.46. The Bertz CT molecular complexity index is 570. The van der Waals surface area contributed by atoms with Gasteiger partial charge in [-0.05, 0) is 43.2 Å². The van der Waals surface area contributed by atoms with Crippen LogP contribution < -0.4 is 5.32 Å². The van der Waals surface area contributed by atoms with E-state index < -0.39 is 0 Å². The SMILES string of the molecule is C=C(c1ccc(Cl)cc1)c1ccccc1NC(C)C. The highest BCUT2D eigenvalue weighted by Crippen LogP contribution is 2.29. The van der Waals surface area contributed by atoms with E-state index in [1.807, 2.05) is 36.4 Å². The molecule has 0 aliphatic carbocycles. The Hall–Kier alpha value is -1.73. The number of rotatable bonds is 4. The minimum Gasteiger partial charge on any atom is -0.382 e. The molecule has 0 saturated heterocycles. The first kappa shape index (κ1) is 13.7. The maximum Gasteiger partial charge on any atom is 0.0421 e. The van der Waals surface area contributed by atoms with Gasteiger partial charge >= 0.3 is 0 Å². The molecule has 2 aromatic carbocycles. The topological polar surface area (TPSA) is 12.0 Å². The van der Waals surface area contributed by atoms with E-state index in [9.17, 15) is 0 Å². The highest BCUT2D eigenvalue weighted by molar-refractivity contribution is 6.30. The summed E-state index contributed by atoms with van der Waals surface area (Å²) in [7, 11) is 0. The zero-order chi connectivity index (χ0) is 13.8. The molecule has 2 rings (SSSR count). The lowest BCUT2D eigenvalue weighted by Gasteiger charge is -2.16. The molecule has 0 atom stereocenters. The van der Waals surface area contributed by atoms with E-state index in [2.05, 4.69) is 37.9 Å². The van der Waals surface area contributed by atoms with Gasteiger partial charge in [0.15, 0.2) is 0 Å². The Morgan fingerprint density at radius 2 is 1.68 bits per heavy atom. The van der Waals surface area contributed by atoms with Crippen LogP contribution in [-0.2, 0) is 0 Å². The van der Waals surface area contributed by atoms with Crippen molar-refractivity contribution in [2.24, 2.45) is 0 Å². The molecule has 19 heavy (non-hydrogen) atoms. The summed E-state index contributed by atoms with van der Waals surface area (Å²) >= 11 is 5.92. The number of nitrogens with one attached hydrogen (secondary N) is 1. The summed E-state index contributed by atoms with van der Waals surface area (Å²) in [4.78, 5) is 0. The van der Waals surface area contributed by atoms with Gasteiger partial charge in [0.25, 0.3) is 0 Å². The molecular weight excluding hydrogens is 254 g/mol. The lowest BCUT2D eigenvalue weighted by molar-refractivity contribution is 0.899. The fraction of sp³-hybridized carbons (Fsp3) is 0.176. The minimum absolute atomic E-state index is 0.388. The molecule has 0 bridgehead atoms. The van der Waals surface area contributed by atoms with Crippen molar-refractivity contribution in [3.63, 3.8) is 0 Å². The van der Waals surface area contributed by atoms with E-state index in [-0.39, 0.29) is 0 Å². The third-order valence-corrected chi connectivity index (χ3v) is 3.14. The number of anilines is 1. The van der Waals surface area contributed by atoms with E-state index in [4.69, 9.17) is 11.6 Å². The van der Waals surface area contributed by atoms with Crippen molar-refractivity contribution in [3.05, 3.63) is 71.3 Å². The van der Waals surface area contributed by atoms with Crippen molar-refractivity contribution in [1.29, 1.82) is 0 Å². The zero-order valence-corrected chi connectivity index (χ0v) is 12.0. The van der Waals surface area contributed by atoms with E-state index in [1.165, 1.54) is 0 Å². The highest BCUT2D eigenvalue weighted by atomic mass is 35.5. The molecule has 1 N–H and O–H groups in total. The molecule has 0 fully saturated rings. The number of para-hydroxylation sites is 1. The normalized spacial score (nSPS) is 10.5. The summed E-state index contributed by atoms with van der Waals surface area (Å²) in [5.74, 6) is 0. The predicted octanol–water partition coefficient (Wildman–Crippen LogP) is 5.22. The number of hydrogen-bond donors (Lipinski definition) is 1. The van der Waals surface area contributed by atoms with Crippen LogP contribution >= 0.6 is 11.6 Å². The first-order chi connectivity index (χ1) is 9.08. The van der Waals surface area contributed by atoms with Crippen LogP contribution in [0.3, 0.4) is 0 Å². The van der Waals surface area contributed by atoms with Crippen molar-refractivity contribution in [3.8, 4) is 0 Å². The van der Waals surface area contributed by atoms with Gasteiger partial charge in [-0.2, -0.15) is 0 Å². The molecule has 2 aromatic rings. The highest BCUT2D eigenvalue weighted by Gasteiger charge is 2.08. The molecule has 0 spiro atoms. The molecule has 1 nitrogen and oxygen atoms in total. The molecule has 2 heteroatoms. The van der Waals surface area contributed by atoms with Crippen molar-refractivity contribution in [2.75, 3.05) is 5.32 Å². The zero-order valence-electron chi connectivity index (χ0n) is 11.3. The second kappa shape index (κ2) is 5.94. The standard InChI is InChI=1S/C17H18ClN/c1-12(2)19-17-7-5-4-6-16(17)13(3)14-8-10-15(18)11-9-14/h4-12,19H,3H2,1-2H3. The van der Waals surface area contributed by atoms with Crippen molar-refractivity contribution >= 4 is 22.9 Å². The molecule has 0 aliphatic heterocycles. The number of hydrogen-bond acceptors (Lipinski definition) is 1. The summed E-state index contributed by atoms with van der Waals surface area (Å²) in [6, 6.07) is 16.4. The van der Waals surface area contributed by atoms with Gasteiger partial charge in [-0.3, -0.25) is 0 Å². The van der Waals surface area contributed by atoms with Crippen LogP contribution in [0.2, 0.25) is 5.02 Å². The first-order valence-electron chi connectivity index (χ1n) is 6.38. The number of benzene rings is 2. The molecule has 0 aliphatic rings. The van der Waals surface area contributed by atoms with Crippen LogP contribution in [0.1, 0.15) is 25.0 Å². The van der Waals surface area contributed by atoms with Gasteiger partial charge < -0.3 is 5.32 Å². The molecule has 98 valence electrons. The van der Waals surface area contributed by atoms with Crippen LogP contribution in [0.4, 0.5) is 5.69 Å². The Morgan fingerprint density at radius 3 is 2.32 bits per heavy atom. The lowest BCUT2D eigenvalue weighted by atomic mass is 9.98. The van der Waals surface area contributed by atoms with Crippen molar-refractivity contribution < 1.29 is 0 Å². The maximum absolute atomic E-state index is 5.92. The van der Waals surface area contributed by atoms with Gasteiger partial charge in [0, 0.05) is 22.3 Å². The Balaban J connectivity index is 2.35. The largest absolute Gasteiger partial charge is 0.382 e. The molecule has 0 aromatic heterocycles. The van der Waals surface area contributed by atoms with Gasteiger partial charge in [0.1, 0.15) is 0 Å². The predicted molar refractivity (Wildman–Crippen MR) is 84.8 cm³/mol. The van der Waals surface area contributed by atoms with Crippen LogP contribution in [0.25, 0.3) is 5.57 Å². The third kappa shape index (κ3) is 3.39.